The Balaban J connectivity index is 2.57. The van der Waals surface area contributed by atoms with Gasteiger partial charge in [0.2, 0.25) is 10.0 Å². The molecule has 0 aliphatic heterocycles. The molecule has 1 aromatic rings. The molecule has 0 spiro atoms. The lowest BCUT2D eigenvalue weighted by Crippen LogP contribution is -2.26. The lowest BCUT2D eigenvalue weighted by Gasteiger charge is -2.11. The first-order valence-corrected chi connectivity index (χ1v) is 8.06. The van der Waals surface area contributed by atoms with Crippen molar-refractivity contribution in [2.75, 3.05) is 24.1 Å². The summed E-state index contributed by atoms with van der Waals surface area (Å²) < 4.78 is 44.1. The summed E-state index contributed by atoms with van der Waals surface area (Å²) >= 11 is 0. The molecule has 2 N–H and O–H groups in total. The minimum absolute atomic E-state index is 0.00618. The smallest absolute Gasteiger partial charge is 0.232 e. The molecule has 0 radical (unpaired) electrons. The highest BCUT2D eigenvalue weighted by atomic mass is 32.2. The molecular formula is C13H21FN2O3S. The molecule has 0 amide bonds. The first-order chi connectivity index (χ1) is 9.34. The number of sulfonamides is 1. The van der Waals surface area contributed by atoms with Gasteiger partial charge in [-0.2, -0.15) is 0 Å². The number of methoxy groups -OCH3 is 1. The van der Waals surface area contributed by atoms with Crippen molar-refractivity contribution in [3.63, 3.8) is 0 Å². The number of hydrogen-bond acceptors (Lipinski definition) is 4. The van der Waals surface area contributed by atoms with Crippen LogP contribution in [0.25, 0.3) is 0 Å². The van der Waals surface area contributed by atoms with Crippen molar-refractivity contribution in [1.29, 1.82) is 0 Å². The molecule has 0 aliphatic rings. The predicted molar refractivity (Wildman–Crippen MR) is 78.1 cm³/mol. The van der Waals surface area contributed by atoms with E-state index < -0.39 is 15.8 Å². The standard InChI is InChI=1S/C13H21FN2O3S/c1-10(2)15-7-4-8-20(17,18)16-11-5-6-12(14)13(9-11)19-3/h5-6,9-10,15-16H,4,7-8H2,1-3H3. The zero-order valence-corrected chi connectivity index (χ0v) is 12.8. The summed E-state index contributed by atoms with van der Waals surface area (Å²) in [4.78, 5) is 0. The Morgan fingerprint density at radius 2 is 2.05 bits per heavy atom. The van der Waals surface area contributed by atoms with Crippen molar-refractivity contribution in [1.82, 2.24) is 5.32 Å². The van der Waals surface area contributed by atoms with E-state index >= 15 is 0 Å². The van der Waals surface area contributed by atoms with E-state index in [-0.39, 0.29) is 11.5 Å². The third-order valence-electron chi connectivity index (χ3n) is 2.57. The summed E-state index contributed by atoms with van der Waals surface area (Å²) in [7, 11) is -2.11. The molecule has 114 valence electrons. The molecule has 1 aromatic carbocycles. The van der Waals surface area contributed by atoms with Gasteiger partial charge in [-0.1, -0.05) is 13.8 Å². The van der Waals surface area contributed by atoms with E-state index in [0.717, 1.165) is 6.07 Å². The van der Waals surface area contributed by atoms with Gasteiger partial charge in [-0.3, -0.25) is 4.72 Å². The van der Waals surface area contributed by atoms with Crippen LogP contribution in [0.5, 0.6) is 5.75 Å². The first kappa shape index (κ1) is 16.7. The van der Waals surface area contributed by atoms with E-state index in [1.54, 1.807) is 0 Å². The minimum atomic E-state index is -3.44. The number of hydrogen-bond donors (Lipinski definition) is 2. The van der Waals surface area contributed by atoms with Gasteiger partial charge in [0, 0.05) is 12.1 Å². The highest BCUT2D eigenvalue weighted by molar-refractivity contribution is 7.92. The van der Waals surface area contributed by atoms with E-state index in [0.29, 0.717) is 24.7 Å². The van der Waals surface area contributed by atoms with Crippen LogP contribution < -0.4 is 14.8 Å². The quantitative estimate of drug-likeness (QED) is 0.721. The summed E-state index contributed by atoms with van der Waals surface area (Å²) in [6.07, 6.45) is 0.506. The average Bonchev–Trinajstić information content (AvgIpc) is 2.36. The average molecular weight is 304 g/mol. The van der Waals surface area contributed by atoms with Crippen molar-refractivity contribution in [2.45, 2.75) is 26.3 Å². The van der Waals surface area contributed by atoms with Crippen LogP contribution in [0.3, 0.4) is 0 Å². The van der Waals surface area contributed by atoms with Gasteiger partial charge in [-0.05, 0) is 25.1 Å². The van der Waals surface area contributed by atoms with Crippen molar-refractivity contribution < 1.29 is 17.5 Å². The second-order valence-electron chi connectivity index (χ2n) is 4.73. The topological polar surface area (TPSA) is 67.4 Å². The summed E-state index contributed by atoms with van der Waals surface area (Å²) in [5, 5.41) is 3.15. The van der Waals surface area contributed by atoms with Gasteiger partial charge in [0.05, 0.1) is 18.6 Å². The first-order valence-electron chi connectivity index (χ1n) is 6.41. The molecule has 0 saturated heterocycles. The lowest BCUT2D eigenvalue weighted by atomic mass is 10.3. The van der Waals surface area contributed by atoms with Crippen LogP contribution in [0.2, 0.25) is 0 Å². The van der Waals surface area contributed by atoms with E-state index in [4.69, 9.17) is 4.74 Å². The maximum Gasteiger partial charge on any atom is 0.232 e. The molecule has 0 aromatic heterocycles. The van der Waals surface area contributed by atoms with Crippen LogP contribution in [-0.2, 0) is 10.0 Å². The van der Waals surface area contributed by atoms with Crippen LogP contribution in [0.15, 0.2) is 18.2 Å². The molecule has 0 unspecified atom stereocenters. The second-order valence-corrected chi connectivity index (χ2v) is 6.57. The normalized spacial score (nSPS) is 11.7. The van der Waals surface area contributed by atoms with Crippen molar-refractivity contribution in [2.24, 2.45) is 0 Å². The molecule has 0 bridgehead atoms. The third kappa shape index (κ3) is 5.75. The van der Waals surface area contributed by atoms with E-state index in [1.165, 1.54) is 19.2 Å². The fourth-order valence-electron chi connectivity index (χ4n) is 1.61. The van der Waals surface area contributed by atoms with Gasteiger partial charge in [0.25, 0.3) is 0 Å². The number of rotatable bonds is 8. The summed E-state index contributed by atoms with van der Waals surface area (Å²) in [6.45, 7) is 4.63. The van der Waals surface area contributed by atoms with Gasteiger partial charge in [0.15, 0.2) is 11.6 Å². The predicted octanol–water partition coefficient (Wildman–Crippen LogP) is 1.96. The van der Waals surface area contributed by atoms with Crippen molar-refractivity contribution in [3.8, 4) is 5.75 Å². The van der Waals surface area contributed by atoms with Crippen molar-refractivity contribution in [3.05, 3.63) is 24.0 Å². The Hall–Kier alpha value is -1.34. The third-order valence-corrected chi connectivity index (χ3v) is 3.94. The zero-order chi connectivity index (χ0) is 15.2. The Labute approximate surface area is 119 Å². The molecule has 7 heteroatoms. The zero-order valence-electron chi connectivity index (χ0n) is 11.9. The van der Waals surface area contributed by atoms with Gasteiger partial charge in [0.1, 0.15) is 0 Å². The van der Waals surface area contributed by atoms with Crippen LogP contribution in [0.4, 0.5) is 10.1 Å². The monoisotopic (exact) mass is 304 g/mol. The number of nitrogens with one attached hydrogen (secondary N) is 2. The molecule has 0 saturated carbocycles. The maximum atomic E-state index is 13.2. The highest BCUT2D eigenvalue weighted by Gasteiger charge is 2.12. The van der Waals surface area contributed by atoms with Crippen LogP contribution in [0.1, 0.15) is 20.3 Å². The number of ether oxygens (including phenoxy) is 1. The molecule has 0 fully saturated rings. The van der Waals surface area contributed by atoms with Gasteiger partial charge < -0.3 is 10.1 Å². The summed E-state index contributed by atoms with van der Waals surface area (Å²) in [6, 6.07) is 4.17. The molecule has 0 heterocycles. The Morgan fingerprint density at radius 1 is 1.35 bits per heavy atom. The molecule has 0 atom stereocenters. The Bertz CT molecular complexity index is 532. The van der Waals surface area contributed by atoms with Crippen molar-refractivity contribution >= 4 is 15.7 Å². The maximum absolute atomic E-state index is 13.2. The van der Waals surface area contributed by atoms with E-state index in [9.17, 15) is 12.8 Å². The molecule has 5 nitrogen and oxygen atoms in total. The highest BCUT2D eigenvalue weighted by Crippen LogP contribution is 2.22. The van der Waals surface area contributed by atoms with Gasteiger partial charge in [-0.15, -0.1) is 0 Å². The Morgan fingerprint density at radius 3 is 2.65 bits per heavy atom. The number of benzene rings is 1. The minimum Gasteiger partial charge on any atom is -0.494 e. The molecule has 1 rings (SSSR count). The van der Waals surface area contributed by atoms with Crippen LogP contribution in [-0.4, -0.2) is 33.9 Å². The lowest BCUT2D eigenvalue weighted by molar-refractivity contribution is 0.387. The number of halogens is 1. The SMILES string of the molecule is COc1cc(NS(=O)(=O)CCCNC(C)C)ccc1F. The summed E-state index contributed by atoms with van der Waals surface area (Å²) in [5.74, 6) is -0.518. The summed E-state index contributed by atoms with van der Waals surface area (Å²) in [5.41, 5.74) is 0.292. The molecule has 20 heavy (non-hydrogen) atoms. The number of anilines is 1. The van der Waals surface area contributed by atoms with Crippen LogP contribution in [0, 0.1) is 5.82 Å². The molecular weight excluding hydrogens is 283 g/mol. The largest absolute Gasteiger partial charge is 0.494 e. The van der Waals surface area contributed by atoms with E-state index in [2.05, 4.69) is 10.0 Å². The van der Waals surface area contributed by atoms with Crippen LogP contribution >= 0.6 is 0 Å². The van der Waals surface area contributed by atoms with E-state index in [1.807, 2.05) is 13.8 Å². The van der Waals surface area contributed by atoms with Gasteiger partial charge >= 0.3 is 0 Å². The molecule has 0 aliphatic carbocycles. The fraction of sp³-hybridized carbons (Fsp3) is 0.538. The fourth-order valence-corrected chi connectivity index (χ4v) is 2.72. The van der Waals surface area contributed by atoms with Gasteiger partial charge in [-0.25, -0.2) is 12.8 Å². The second kappa shape index (κ2) is 7.44. The Kier molecular flexibility index (Phi) is 6.22.